The Labute approximate surface area is 79.7 Å². The first-order valence-corrected chi connectivity index (χ1v) is 4.83. The van der Waals surface area contributed by atoms with Crippen molar-refractivity contribution < 1.29 is 4.52 Å². The molecule has 0 aliphatic rings. The van der Waals surface area contributed by atoms with E-state index in [4.69, 9.17) is 4.52 Å². The fourth-order valence-electron chi connectivity index (χ4n) is 0.643. The summed E-state index contributed by atoms with van der Waals surface area (Å²) < 4.78 is 5.34. The van der Waals surface area contributed by atoms with Crippen LogP contribution in [-0.4, -0.2) is 10.1 Å². The first-order valence-electron chi connectivity index (χ1n) is 3.59. The normalized spacial score (nSPS) is 13.9. The Morgan fingerprint density at radius 1 is 1.36 bits per heavy atom. The van der Waals surface area contributed by atoms with Gasteiger partial charge in [0.1, 0.15) is 0 Å². The molecule has 0 aliphatic heterocycles. The second-order valence-electron chi connectivity index (χ2n) is 2.76. The molecule has 0 N–H and O–H groups in total. The lowest BCUT2D eigenvalue weighted by molar-refractivity contribution is 0.361. The molecule has 1 unspecified atom stereocenters. The number of nitrogens with zero attached hydrogens (tertiary/aromatic N) is 2. The van der Waals surface area contributed by atoms with E-state index in [1.807, 2.05) is 20.8 Å². The van der Waals surface area contributed by atoms with Crippen LogP contribution >= 0.6 is 22.6 Å². The van der Waals surface area contributed by atoms with Gasteiger partial charge in [0, 0.05) is 5.92 Å². The number of alkyl halides is 1. The Morgan fingerprint density at radius 3 is 2.27 bits per heavy atom. The molecule has 11 heavy (non-hydrogen) atoms. The molecule has 0 aromatic carbocycles. The zero-order chi connectivity index (χ0) is 8.43. The average molecular weight is 266 g/mol. The maximum Gasteiger partial charge on any atom is 0.229 e. The fraction of sp³-hybridized carbons (Fsp3) is 0.714. The van der Waals surface area contributed by atoms with Crippen molar-refractivity contribution in [2.45, 2.75) is 30.6 Å². The van der Waals surface area contributed by atoms with Crippen LogP contribution in [0.4, 0.5) is 0 Å². The fourth-order valence-corrected chi connectivity index (χ4v) is 0.896. The summed E-state index contributed by atoms with van der Waals surface area (Å²) in [5.74, 6) is 1.84. The molecule has 1 atom stereocenters. The van der Waals surface area contributed by atoms with Crippen LogP contribution < -0.4 is 0 Å². The van der Waals surface area contributed by atoms with Gasteiger partial charge in [-0.3, -0.25) is 0 Å². The van der Waals surface area contributed by atoms with Crippen molar-refractivity contribution >= 4 is 22.6 Å². The van der Waals surface area contributed by atoms with Gasteiger partial charge in [0.25, 0.3) is 0 Å². The molecule has 1 rings (SSSR count). The SMILES string of the molecule is CC(C)c1nc(C(C)I)no1. The van der Waals surface area contributed by atoms with Gasteiger partial charge in [-0.2, -0.15) is 4.98 Å². The maximum absolute atomic E-state index is 5.02. The van der Waals surface area contributed by atoms with E-state index in [0.29, 0.717) is 9.84 Å². The number of aromatic nitrogens is 2. The zero-order valence-corrected chi connectivity index (χ0v) is 8.99. The van der Waals surface area contributed by atoms with E-state index < -0.39 is 0 Å². The molecule has 0 aliphatic carbocycles. The Bertz CT molecular complexity index is 210. The standard InChI is InChI=1S/C7H11IN2O/c1-4(2)7-9-6(5(3)8)10-11-7/h4-5H,1-3H3. The summed E-state index contributed by atoms with van der Waals surface area (Å²) >= 11 is 2.26. The molecule has 1 aromatic heterocycles. The third kappa shape index (κ3) is 2.15. The van der Waals surface area contributed by atoms with E-state index in [0.717, 1.165) is 11.7 Å². The summed E-state index contributed by atoms with van der Waals surface area (Å²) in [4.78, 5) is 4.22. The Kier molecular flexibility index (Phi) is 2.86. The summed E-state index contributed by atoms with van der Waals surface area (Å²) in [5.41, 5.74) is 0. The summed E-state index contributed by atoms with van der Waals surface area (Å²) in [6, 6.07) is 0. The number of hydrogen-bond acceptors (Lipinski definition) is 3. The summed E-state index contributed by atoms with van der Waals surface area (Å²) in [7, 11) is 0. The van der Waals surface area contributed by atoms with Crippen LogP contribution in [0.5, 0.6) is 0 Å². The van der Waals surface area contributed by atoms with Gasteiger partial charge in [0.2, 0.25) is 5.89 Å². The quantitative estimate of drug-likeness (QED) is 0.610. The van der Waals surface area contributed by atoms with Crippen LogP contribution in [-0.2, 0) is 0 Å². The Morgan fingerprint density at radius 2 is 2.00 bits per heavy atom. The Hall–Kier alpha value is -0.130. The van der Waals surface area contributed by atoms with Gasteiger partial charge < -0.3 is 4.52 Å². The summed E-state index contributed by atoms with van der Waals surface area (Å²) in [5, 5.41) is 3.84. The van der Waals surface area contributed by atoms with Crippen LogP contribution in [0.25, 0.3) is 0 Å². The minimum atomic E-state index is 0.323. The molecule has 1 aromatic rings. The smallest absolute Gasteiger partial charge is 0.229 e. The van der Waals surface area contributed by atoms with Crippen molar-refractivity contribution in [1.29, 1.82) is 0 Å². The molecule has 0 saturated heterocycles. The van der Waals surface area contributed by atoms with Crippen molar-refractivity contribution in [3.05, 3.63) is 11.7 Å². The van der Waals surface area contributed by atoms with Gasteiger partial charge in [-0.1, -0.05) is 41.6 Å². The van der Waals surface area contributed by atoms with E-state index >= 15 is 0 Å². The van der Waals surface area contributed by atoms with Crippen molar-refractivity contribution in [2.75, 3.05) is 0 Å². The Balaban J connectivity index is 2.82. The highest BCUT2D eigenvalue weighted by atomic mass is 127. The molecule has 0 amide bonds. The predicted octanol–water partition coefficient (Wildman–Crippen LogP) is 2.69. The number of hydrogen-bond donors (Lipinski definition) is 0. The lowest BCUT2D eigenvalue weighted by Crippen LogP contribution is -1.89. The van der Waals surface area contributed by atoms with E-state index in [-0.39, 0.29) is 0 Å². The molecule has 0 saturated carbocycles. The third-order valence-corrected chi connectivity index (χ3v) is 1.86. The second-order valence-corrected chi connectivity index (χ2v) is 4.63. The van der Waals surface area contributed by atoms with Gasteiger partial charge >= 0.3 is 0 Å². The largest absolute Gasteiger partial charge is 0.339 e. The third-order valence-electron chi connectivity index (χ3n) is 1.31. The molecule has 62 valence electrons. The highest BCUT2D eigenvalue weighted by Crippen LogP contribution is 2.20. The summed E-state index contributed by atoms with van der Waals surface area (Å²) in [6.45, 7) is 6.11. The number of rotatable bonds is 2. The van der Waals surface area contributed by atoms with E-state index in [1.165, 1.54) is 0 Å². The lowest BCUT2D eigenvalue weighted by Gasteiger charge is -1.93. The molecule has 4 heteroatoms. The molecule has 0 bridgehead atoms. The van der Waals surface area contributed by atoms with Crippen molar-refractivity contribution in [1.82, 2.24) is 10.1 Å². The first-order chi connectivity index (χ1) is 5.11. The van der Waals surface area contributed by atoms with Gasteiger partial charge in [-0.25, -0.2) is 0 Å². The van der Waals surface area contributed by atoms with Gasteiger partial charge in [-0.05, 0) is 6.92 Å². The van der Waals surface area contributed by atoms with Crippen molar-refractivity contribution in [2.24, 2.45) is 0 Å². The van der Waals surface area contributed by atoms with E-state index in [9.17, 15) is 0 Å². The van der Waals surface area contributed by atoms with Crippen LogP contribution in [0, 0.1) is 0 Å². The monoisotopic (exact) mass is 266 g/mol. The van der Waals surface area contributed by atoms with Gasteiger partial charge in [-0.15, -0.1) is 0 Å². The van der Waals surface area contributed by atoms with Crippen LogP contribution in [0.2, 0.25) is 0 Å². The highest BCUT2D eigenvalue weighted by Gasteiger charge is 2.12. The van der Waals surface area contributed by atoms with Crippen molar-refractivity contribution in [3.63, 3.8) is 0 Å². The van der Waals surface area contributed by atoms with Crippen LogP contribution in [0.3, 0.4) is 0 Å². The molecule has 0 radical (unpaired) electrons. The highest BCUT2D eigenvalue weighted by molar-refractivity contribution is 14.1. The lowest BCUT2D eigenvalue weighted by atomic mass is 10.2. The maximum atomic E-state index is 5.02. The first kappa shape index (κ1) is 8.96. The topological polar surface area (TPSA) is 38.9 Å². The minimum Gasteiger partial charge on any atom is -0.339 e. The molecule has 0 spiro atoms. The minimum absolute atomic E-state index is 0.323. The van der Waals surface area contributed by atoms with Crippen molar-refractivity contribution in [3.8, 4) is 0 Å². The molecule has 0 fully saturated rings. The van der Waals surface area contributed by atoms with E-state index in [1.54, 1.807) is 0 Å². The average Bonchev–Trinajstić information content (AvgIpc) is 2.33. The second kappa shape index (κ2) is 3.51. The molecular weight excluding hydrogens is 255 g/mol. The molecule has 1 heterocycles. The van der Waals surface area contributed by atoms with E-state index in [2.05, 4.69) is 32.7 Å². The predicted molar refractivity (Wildman–Crippen MR) is 50.8 cm³/mol. The van der Waals surface area contributed by atoms with Crippen LogP contribution in [0.1, 0.15) is 42.3 Å². The molecular formula is C7H11IN2O. The van der Waals surface area contributed by atoms with Gasteiger partial charge in [0.05, 0.1) is 3.92 Å². The number of halogens is 1. The van der Waals surface area contributed by atoms with Crippen LogP contribution in [0.15, 0.2) is 4.52 Å². The zero-order valence-electron chi connectivity index (χ0n) is 6.84. The summed E-state index contributed by atoms with van der Waals surface area (Å²) in [6.07, 6.45) is 0. The van der Waals surface area contributed by atoms with Gasteiger partial charge in [0.15, 0.2) is 5.82 Å². The molecule has 3 nitrogen and oxygen atoms in total.